The van der Waals surface area contributed by atoms with E-state index < -0.39 is 0 Å². The lowest BCUT2D eigenvalue weighted by molar-refractivity contribution is -0.144. The third-order valence-electron chi connectivity index (χ3n) is 5.01. The summed E-state index contributed by atoms with van der Waals surface area (Å²) in [6.45, 7) is 9.30. The Morgan fingerprint density at radius 2 is 1.81 bits per heavy atom. The van der Waals surface area contributed by atoms with Crippen LogP contribution in [0.2, 0.25) is 0 Å². The van der Waals surface area contributed by atoms with Gasteiger partial charge in [-0.1, -0.05) is 45.9 Å². The quantitative estimate of drug-likeness (QED) is 0.785. The fourth-order valence-electron chi connectivity index (χ4n) is 3.33. The average Bonchev–Trinajstić information content (AvgIpc) is 2.64. The van der Waals surface area contributed by atoms with Crippen molar-refractivity contribution < 1.29 is 9.59 Å². The zero-order chi connectivity index (χ0) is 19.1. The van der Waals surface area contributed by atoms with E-state index in [4.69, 9.17) is 0 Å². The molecule has 0 bridgehead atoms. The van der Waals surface area contributed by atoms with Gasteiger partial charge in [0, 0.05) is 30.7 Å². The Morgan fingerprint density at radius 3 is 2.42 bits per heavy atom. The van der Waals surface area contributed by atoms with Crippen molar-refractivity contribution in [3.63, 3.8) is 0 Å². The van der Waals surface area contributed by atoms with Crippen LogP contribution in [0.15, 0.2) is 30.3 Å². The second-order valence-corrected chi connectivity index (χ2v) is 7.80. The molecule has 0 radical (unpaired) electrons. The maximum atomic E-state index is 12.8. The molecule has 1 aliphatic rings. The molecule has 2 rings (SSSR count). The molecule has 0 unspecified atom stereocenters. The first kappa shape index (κ1) is 20.3. The van der Waals surface area contributed by atoms with Gasteiger partial charge in [-0.05, 0) is 37.3 Å². The number of piperidine rings is 1. The van der Waals surface area contributed by atoms with Gasteiger partial charge < -0.3 is 15.5 Å². The SMILES string of the molecule is CC(C)C(=O)N1CCCC[C@@H]1C(=O)NC[C@@H](Nc1ccccc1)C(C)C. The zero-order valence-electron chi connectivity index (χ0n) is 16.5. The van der Waals surface area contributed by atoms with E-state index in [1.807, 2.05) is 44.2 Å². The van der Waals surface area contributed by atoms with Crippen LogP contribution in [0.3, 0.4) is 0 Å². The van der Waals surface area contributed by atoms with Gasteiger partial charge in [-0.3, -0.25) is 9.59 Å². The van der Waals surface area contributed by atoms with Gasteiger partial charge >= 0.3 is 0 Å². The molecule has 144 valence electrons. The monoisotopic (exact) mass is 359 g/mol. The van der Waals surface area contributed by atoms with E-state index in [1.165, 1.54) is 0 Å². The van der Waals surface area contributed by atoms with Gasteiger partial charge in [-0.15, -0.1) is 0 Å². The first-order chi connectivity index (χ1) is 12.4. The fourth-order valence-corrected chi connectivity index (χ4v) is 3.33. The van der Waals surface area contributed by atoms with Gasteiger partial charge in [0.05, 0.1) is 0 Å². The first-order valence-electron chi connectivity index (χ1n) is 9.80. The molecule has 1 heterocycles. The molecule has 0 aliphatic carbocycles. The van der Waals surface area contributed by atoms with Gasteiger partial charge in [-0.25, -0.2) is 0 Å². The number of nitrogens with zero attached hydrogens (tertiary/aromatic N) is 1. The molecule has 26 heavy (non-hydrogen) atoms. The number of hydrogen-bond donors (Lipinski definition) is 2. The lowest BCUT2D eigenvalue weighted by Gasteiger charge is -2.36. The maximum absolute atomic E-state index is 12.8. The molecule has 1 aliphatic heterocycles. The number of para-hydroxylation sites is 1. The van der Waals surface area contributed by atoms with E-state index in [9.17, 15) is 9.59 Å². The summed E-state index contributed by atoms with van der Waals surface area (Å²) in [6.07, 6.45) is 2.73. The molecule has 0 aromatic heterocycles. The van der Waals surface area contributed by atoms with E-state index in [0.29, 0.717) is 19.0 Å². The smallest absolute Gasteiger partial charge is 0.242 e. The van der Waals surface area contributed by atoms with Crippen LogP contribution in [-0.4, -0.2) is 41.9 Å². The largest absolute Gasteiger partial charge is 0.380 e. The van der Waals surface area contributed by atoms with E-state index in [-0.39, 0.29) is 29.8 Å². The van der Waals surface area contributed by atoms with Crippen LogP contribution in [-0.2, 0) is 9.59 Å². The molecule has 2 N–H and O–H groups in total. The molecular formula is C21H33N3O2. The summed E-state index contributed by atoms with van der Waals surface area (Å²) in [6, 6.07) is 9.84. The molecule has 5 heteroatoms. The van der Waals surface area contributed by atoms with Crippen molar-refractivity contribution in [2.45, 2.75) is 59.0 Å². The van der Waals surface area contributed by atoms with Crippen LogP contribution in [0, 0.1) is 11.8 Å². The second kappa shape index (κ2) is 9.60. The van der Waals surface area contributed by atoms with E-state index in [1.54, 1.807) is 4.90 Å². The van der Waals surface area contributed by atoms with Gasteiger partial charge in [0.15, 0.2) is 0 Å². The number of anilines is 1. The maximum Gasteiger partial charge on any atom is 0.242 e. The van der Waals surface area contributed by atoms with Crippen LogP contribution in [0.4, 0.5) is 5.69 Å². The summed E-state index contributed by atoms with van der Waals surface area (Å²) in [5.41, 5.74) is 1.05. The third-order valence-corrected chi connectivity index (χ3v) is 5.01. The highest BCUT2D eigenvalue weighted by Gasteiger charge is 2.33. The Balaban J connectivity index is 1.96. The third kappa shape index (κ3) is 5.48. The standard InChI is InChI=1S/C21H33N3O2/c1-15(2)18(23-17-10-6-5-7-11-17)14-22-20(25)19-12-8-9-13-24(19)21(26)16(3)4/h5-7,10-11,15-16,18-19,23H,8-9,12-14H2,1-4H3,(H,22,25)/t18-,19-/m1/s1. The lowest BCUT2D eigenvalue weighted by atomic mass is 9.98. The van der Waals surface area contributed by atoms with Crippen molar-refractivity contribution in [3.8, 4) is 0 Å². The summed E-state index contributed by atoms with van der Waals surface area (Å²) in [5, 5.41) is 6.58. The molecule has 2 atom stereocenters. The number of amides is 2. The summed E-state index contributed by atoms with van der Waals surface area (Å²) in [4.78, 5) is 27.0. The highest BCUT2D eigenvalue weighted by Crippen LogP contribution is 2.20. The van der Waals surface area contributed by atoms with Gasteiger partial charge in [-0.2, -0.15) is 0 Å². The van der Waals surface area contributed by atoms with Crippen LogP contribution < -0.4 is 10.6 Å². The molecule has 5 nitrogen and oxygen atoms in total. The van der Waals surface area contributed by atoms with Gasteiger partial charge in [0.2, 0.25) is 11.8 Å². The minimum Gasteiger partial charge on any atom is -0.380 e. The van der Waals surface area contributed by atoms with Crippen LogP contribution in [0.5, 0.6) is 0 Å². The fraction of sp³-hybridized carbons (Fsp3) is 0.619. The second-order valence-electron chi connectivity index (χ2n) is 7.80. The molecule has 2 amide bonds. The molecule has 1 aromatic rings. The zero-order valence-corrected chi connectivity index (χ0v) is 16.5. The topological polar surface area (TPSA) is 61.4 Å². The van der Waals surface area contributed by atoms with Crippen LogP contribution in [0.25, 0.3) is 0 Å². The van der Waals surface area contributed by atoms with Crippen LogP contribution >= 0.6 is 0 Å². The molecule has 0 saturated carbocycles. The Kier molecular flexibility index (Phi) is 7.49. The predicted octanol–water partition coefficient (Wildman–Crippen LogP) is 3.28. The van der Waals surface area contributed by atoms with Gasteiger partial charge in [0.25, 0.3) is 0 Å². The number of hydrogen-bond acceptors (Lipinski definition) is 3. The molecule has 1 aromatic carbocycles. The highest BCUT2D eigenvalue weighted by atomic mass is 16.2. The first-order valence-corrected chi connectivity index (χ1v) is 9.80. The number of benzene rings is 1. The number of carbonyl (C=O) groups excluding carboxylic acids is 2. The molecule has 1 fully saturated rings. The Morgan fingerprint density at radius 1 is 1.12 bits per heavy atom. The predicted molar refractivity (Wildman–Crippen MR) is 106 cm³/mol. The number of carbonyl (C=O) groups is 2. The molecule has 0 spiro atoms. The number of rotatable bonds is 7. The van der Waals surface area contributed by atoms with E-state index in [2.05, 4.69) is 24.5 Å². The Hall–Kier alpha value is -2.04. The number of nitrogens with one attached hydrogen (secondary N) is 2. The van der Waals surface area contributed by atoms with Crippen molar-refractivity contribution in [2.75, 3.05) is 18.4 Å². The summed E-state index contributed by atoms with van der Waals surface area (Å²) < 4.78 is 0. The van der Waals surface area contributed by atoms with Crippen molar-refractivity contribution in [1.29, 1.82) is 0 Å². The summed E-state index contributed by atoms with van der Waals surface area (Å²) in [5.74, 6) is 0.341. The minimum absolute atomic E-state index is 0.0285. The normalized spacial score (nSPS) is 18.7. The van der Waals surface area contributed by atoms with Gasteiger partial charge in [0.1, 0.15) is 6.04 Å². The van der Waals surface area contributed by atoms with Crippen molar-refractivity contribution in [1.82, 2.24) is 10.2 Å². The van der Waals surface area contributed by atoms with E-state index >= 15 is 0 Å². The number of likely N-dealkylation sites (tertiary alicyclic amines) is 1. The molecule has 1 saturated heterocycles. The summed E-state index contributed by atoms with van der Waals surface area (Å²) in [7, 11) is 0. The molecular weight excluding hydrogens is 326 g/mol. The van der Waals surface area contributed by atoms with Crippen molar-refractivity contribution in [2.24, 2.45) is 11.8 Å². The highest BCUT2D eigenvalue weighted by molar-refractivity contribution is 5.88. The van der Waals surface area contributed by atoms with Crippen molar-refractivity contribution >= 4 is 17.5 Å². The van der Waals surface area contributed by atoms with Crippen LogP contribution in [0.1, 0.15) is 47.0 Å². The lowest BCUT2D eigenvalue weighted by Crippen LogP contribution is -2.54. The van der Waals surface area contributed by atoms with E-state index in [0.717, 1.165) is 24.9 Å². The average molecular weight is 360 g/mol. The van der Waals surface area contributed by atoms with Crippen molar-refractivity contribution in [3.05, 3.63) is 30.3 Å². The summed E-state index contributed by atoms with van der Waals surface area (Å²) >= 11 is 0. The minimum atomic E-state index is -0.330. The Bertz CT molecular complexity index is 586. The Labute approximate surface area is 157 Å².